The van der Waals surface area contributed by atoms with E-state index in [9.17, 15) is 0 Å². The molecule has 2 aliphatic heterocycles. The van der Waals surface area contributed by atoms with Crippen LogP contribution in [-0.4, -0.2) is 28.9 Å². The van der Waals surface area contributed by atoms with Crippen LogP contribution in [0, 0.1) is 0 Å². The van der Waals surface area contributed by atoms with Crippen molar-refractivity contribution in [1.82, 2.24) is 4.90 Å². The topological polar surface area (TPSA) is 3.24 Å². The predicted octanol–water partition coefficient (Wildman–Crippen LogP) is 0.838. The van der Waals surface area contributed by atoms with Gasteiger partial charge < -0.3 is 0 Å². The monoisotopic (exact) mass is 161 g/mol. The van der Waals surface area contributed by atoms with Crippen LogP contribution in [-0.2, 0) is 0 Å². The number of fused-ring (bicyclic) bond motifs is 1. The maximum Gasteiger partial charge on any atom is 0.0429 e. The number of rotatable bonds is 0. The van der Waals surface area contributed by atoms with E-state index in [4.69, 9.17) is 0 Å². The lowest BCUT2D eigenvalue weighted by Gasteiger charge is -2.54. The highest BCUT2D eigenvalue weighted by molar-refractivity contribution is 9.09. The van der Waals surface area contributed by atoms with Crippen molar-refractivity contribution in [3.05, 3.63) is 0 Å². The van der Waals surface area contributed by atoms with Crippen LogP contribution in [0.4, 0.5) is 0 Å². The van der Waals surface area contributed by atoms with Gasteiger partial charge in [-0.25, -0.2) is 0 Å². The maximum absolute atomic E-state index is 3.58. The molecule has 0 aliphatic carbocycles. The average molecular weight is 162 g/mol. The lowest BCUT2D eigenvalue weighted by Crippen LogP contribution is -2.65. The van der Waals surface area contributed by atoms with Gasteiger partial charge in [-0.1, -0.05) is 15.9 Å². The summed E-state index contributed by atoms with van der Waals surface area (Å²) >= 11 is 3.58. The van der Waals surface area contributed by atoms with Crippen molar-refractivity contribution >= 4 is 15.9 Å². The Morgan fingerprint density at radius 1 is 1.57 bits per heavy atom. The molecule has 0 N–H and O–H groups in total. The molecule has 2 heteroatoms. The molecule has 0 aromatic rings. The summed E-state index contributed by atoms with van der Waals surface area (Å²) in [4.78, 5) is 3.33. The first-order valence-corrected chi connectivity index (χ1v) is 3.67. The number of nitrogens with zero attached hydrogens (tertiary/aromatic N) is 1. The highest BCUT2D eigenvalue weighted by Crippen LogP contribution is 2.34. The molecule has 7 heavy (non-hydrogen) atoms. The summed E-state index contributed by atoms with van der Waals surface area (Å²) in [6, 6.07) is 0.931. The van der Waals surface area contributed by atoms with Gasteiger partial charge in [-0.3, -0.25) is 4.90 Å². The molecule has 2 aliphatic rings. The molecule has 1 nitrogen and oxygen atoms in total. The fraction of sp³-hybridized carbons (Fsp3) is 1.00. The number of hydrogen-bond acceptors (Lipinski definition) is 1. The highest BCUT2D eigenvalue weighted by atomic mass is 79.9. The second-order valence-corrected chi connectivity index (χ2v) is 3.54. The summed E-state index contributed by atoms with van der Waals surface area (Å²) in [6.07, 6.45) is 1.43. The van der Waals surface area contributed by atoms with Crippen LogP contribution < -0.4 is 0 Å². The molecule has 40 valence electrons. The molecule has 0 bridgehead atoms. The minimum absolute atomic E-state index is 0.834. The summed E-state index contributed by atoms with van der Waals surface area (Å²) in [5.74, 6) is 0. The van der Waals surface area contributed by atoms with Crippen LogP contribution in [0.2, 0.25) is 0 Å². The van der Waals surface area contributed by atoms with Gasteiger partial charge in [0.1, 0.15) is 0 Å². The SMILES string of the molecule is BrC1CN2CCC12. The van der Waals surface area contributed by atoms with Crippen LogP contribution in [0.1, 0.15) is 6.42 Å². The molecule has 2 fully saturated rings. The smallest absolute Gasteiger partial charge is 0.0429 e. The van der Waals surface area contributed by atoms with Gasteiger partial charge in [0.25, 0.3) is 0 Å². The summed E-state index contributed by atoms with van der Waals surface area (Å²) in [5.41, 5.74) is 0. The summed E-state index contributed by atoms with van der Waals surface area (Å²) in [5, 5.41) is 0. The van der Waals surface area contributed by atoms with E-state index in [0.29, 0.717) is 0 Å². The van der Waals surface area contributed by atoms with Crippen LogP contribution in [0.5, 0.6) is 0 Å². The van der Waals surface area contributed by atoms with Crippen LogP contribution in [0.3, 0.4) is 0 Å². The van der Waals surface area contributed by atoms with Crippen molar-refractivity contribution in [2.45, 2.75) is 17.3 Å². The molecule has 0 aromatic carbocycles. The van der Waals surface area contributed by atoms with E-state index in [1.54, 1.807) is 0 Å². The molecule has 0 saturated carbocycles. The summed E-state index contributed by atoms with van der Waals surface area (Å²) < 4.78 is 0. The zero-order chi connectivity index (χ0) is 4.85. The Labute approximate surface area is 51.8 Å². The molecular formula is C5H8BrN. The first-order valence-electron chi connectivity index (χ1n) is 2.76. The second kappa shape index (κ2) is 1.23. The van der Waals surface area contributed by atoms with Crippen molar-refractivity contribution in [1.29, 1.82) is 0 Å². The Hall–Kier alpha value is 0.440. The molecule has 0 spiro atoms. The third kappa shape index (κ3) is 0.417. The third-order valence-corrected chi connectivity index (χ3v) is 2.91. The standard InChI is InChI=1S/C5H8BrN/c6-4-3-7-2-1-5(4)7/h4-5H,1-3H2. The maximum atomic E-state index is 3.58. The van der Waals surface area contributed by atoms with E-state index in [1.807, 2.05) is 0 Å². The number of hydrogen-bond donors (Lipinski definition) is 0. The highest BCUT2D eigenvalue weighted by Gasteiger charge is 2.43. The molecule has 2 atom stereocenters. The Morgan fingerprint density at radius 2 is 2.43 bits per heavy atom. The van der Waals surface area contributed by atoms with E-state index in [-0.39, 0.29) is 0 Å². The Bertz CT molecular complexity index is 90.1. The van der Waals surface area contributed by atoms with Crippen LogP contribution in [0.15, 0.2) is 0 Å². The first kappa shape index (κ1) is 4.33. The van der Waals surface area contributed by atoms with E-state index in [0.717, 1.165) is 10.9 Å². The van der Waals surface area contributed by atoms with Crippen molar-refractivity contribution in [2.75, 3.05) is 13.1 Å². The van der Waals surface area contributed by atoms with E-state index < -0.39 is 0 Å². The van der Waals surface area contributed by atoms with Gasteiger partial charge >= 0.3 is 0 Å². The zero-order valence-electron chi connectivity index (χ0n) is 4.10. The average Bonchev–Trinajstić information content (AvgIpc) is 1.59. The zero-order valence-corrected chi connectivity index (χ0v) is 5.69. The molecular weight excluding hydrogens is 154 g/mol. The molecule has 2 rings (SSSR count). The molecule has 0 amide bonds. The molecule has 2 saturated heterocycles. The van der Waals surface area contributed by atoms with Crippen molar-refractivity contribution in [2.24, 2.45) is 0 Å². The quantitative estimate of drug-likeness (QED) is 0.477. The van der Waals surface area contributed by atoms with Crippen molar-refractivity contribution in [3.8, 4) is 0 Å². The van der Waals surface area contributed by atoms with Crippen LogP contribution >= 0.6 is 15.9 Å². The predicted molar refractivity (Wildman–Crippen MR) is 32.7 cm³/mol. The summed E-state index contributed by atoms with van der Waals surface area (Å²) in [7, 11) is 0. The van der Waals surface area contributed by atoms with Gasteiger partial charge in [-0.2, -0.15) is 0 Å². The normalized spacial score (nSPS) is 49.3. The van der Waals surface area contributed by atoms with E-state index in [1.165, 1.54) is 19.5 Å². The second-order valence-electron chi connectivity index (χ2n) is 2.37. The van der Waals surface area contributed by atoms with Gasteiger partial charge in [-0.15, -0.1) is 0 Å². The number of piperidine rings is 1. The van der Waals surface area contributed by atoms with E-state index >= 15 is 0 Å². The third-order valence-electron chi connectivity index (χ3n) is 2.01. The number of halogens is 1. The van der Waals surface area contributed by atoms with Gasteiger partial charge in [-0.05, 0) is 6.42 Å². The van der Waals surface area contributed by atoms with Crippen molar-refractivity contribution < 1.29 is 0 Å². The lowest BCUT2D eigenvalue weighted by atomic mass is 9.91. The fourth-order valence-electron chi connectivity index (χ4n) is 1.30. The molecule has 2 heterocycles. The minimum atomic E-state index is 0.834. The van der Waals surface area contributed by atoms with Gasteiger partial charge in [0.2, 0.25) is 0 Å². The van der Waals surface area contributed by atoms with Crippen molar-refractivity contribution in [3.63, 3.8) is 0 Å². The minimum Gasteiger partial charge on any atom is -0.298 e. The lowest BCUT2D eigenvalue weighted by molar-refractivity contribution is 0.00876. The summed E-state index contributed by atoms with van der Waals surface area (Å²) in [6.45, 7) is 2.65. The fourth-order valence-corrected chi connectivity index (χ4v) is 2.28. The van der Waals surface area contributed by atoms with Gasteiger partial charge in [0, 0.05) is 24.0 Å². The van der Waals surface area contributed by atoms with Crippen LogP contribution in [0.25, 0.3) is 0 Å². The number of alkyl halides is 1. The molecule has 2 unspecified atom stereocenters. The van der Waals surface area contributed by atoms with Gasteiger partial charge in [0.15, 0.2) is 0 Å². The van der Waals surface area contributed by atoms with E-state index in [2.05, 4.69) is 20.8 Å². The largest absolute Gasteiger partial charge is 0.298 e. The first-order chi connectivity index (χ1) is 3.38. The molecule has 0 radical (unpaired) electrons. The Kier molecular flexibility index (Phi) is 0.762. The van der Waals surface area contributed by atoms with Gasteiger partial charge in [0.05, 0.1) is 0 Å². The Balaban J connectivity index is 1.99. The molecule has 0 aromatic heterocycles. The Morgan fingerprint density at radius 3 is 2.43 bits per heavy atom.